The summed E-state index contributed by atoms with van der Waals surface area (Å²) in [5, 5.41) is 3.27. The van der Waals surface area contributed by atoms with Crippen LogP contribution in [0.4, 0.5) is 5.69 Å². The lowest BCUT2D eigenvalue weighted by molar-refractivity contribution is 0.284. The maximum atomic E-state index is 6.36. The molecule has 3 nitrogen and oxygen atoms in total. The lowest BCUT2D eigenvalue weighted by Crippen LogP contribution is -2.61. The summed E-state index contributed by atoms with van der Waals surface area (Å²) in [6.07, 6.45) is 0.823. The minimum Gasteiger partial charge on any atom is -0.366 e. The Morgan fingerprint density at radius 2 is 1.93 bits per heavy atom. The van der Waals surface area contributed by atoms with Gasteiger partial charge in [-0.05, 0) is 25.0 Å². The fourth-order valence-corrected chi connectivity index (χ4v) is 2.21. The number of fused-ring (bicyclic) bond motifs is 1. The number of hydrogen-bond acceptors (Lipinski definition) is 3. The molecule has 5 N–H and O–H groups in total. The van der Waals surface area contributed by atoms with Crippen LogP contribution in [0.3, 0.4) is 0 Å². The summed E-state index contributed by atoms with van der Waals surface area (Å²) in [6.45, 7) is 4.01. The smallest absolute Gasteiger partial charge is 0.106 e. The number of nitrogens with one attached hydrogen (secondary N) is 1. The Hall–Kier alpha value is -1.06. The summed E-state index contributed by atoms with van der Waals surface area (Å²) in [4.78, 5) is 0. The Bertz CT molecular complexity index is 359. The number of benzene rings is 1. The lowest BCUT2D eigenvalue weighted by Gasteiger charge is -2.37. The molecule has 1 aliphatic rings. The highest BCUT2D eigenvalue weighted by Crippen LogP contribution is 2.42. The van der Waals surface area contributed by atoms with Crippen molar-refractivity contribution < 1.29 is 0 Å². The van der Waals surface area contributed by atoms with Crippen molar-refractivity contribution in [3.63, 3.8) is 0 Å². The molecule has 0 saturated carbocycles. The van der Waals surface area contributed by atoms with Crippen LogP contribution in [0.5, 0.6) is 0 Å². The van der Waals surface area contributed by atoms with Gasteiger partial charge < -0.3 is 16.8 Å². The fourth-order valence-electron chi connectivity index (χ4n) is 2.21. The predicted octanol–water partition coefficient (Wildman–Crippen LogP) is 1.35. The third-order valence-electron chi connectivity index (χ3n) is 3.29. The van der Waals surface area contributed by atoms with Gasteiger partial charge in [0.05, 0.1) is 5.54 Å². The Labute approximate surface area is 84.5 Å². The average molecular weight is 191 g/mol. The monoisotopic (exact) mass is 191 g/mol. The molecule has 3 heteroatoms. The highest BCUT2D eigenvalue weighted by atomic mass is 15.2. The lowest BCUT2D eigenvalue weighted by atomic mass is 9.81. The van der Waals surface area contributed by atoms with Gasteiger partial charge in [-0.25, -0.2) is 0 Å². The maximum absolute atomic E-state index is 6.36. The van der Waals surface area contributed by atoms with Crippen LogP contribution in [0.25, 0.3) is 0 Å². The first-order chi connectivity index (χ1) is 6.51. The highest BCUT2D eigenvalue weighted by molar-refractivity contribution is 5.63. The molecule has 2 rings (SSSR count). The Morgan fingerprint density at radius 3 is 2.57 bits per heavy atom. The first-order valence-corrected chi connectivity index (χ1v) is 4.97. The van der Waals surface area contributed by atoms with E-state index in [1.807, 2.05) is 31.2 Å². The molecule has 0 bridgehead atoms. The van der Waals surface area contributed by atoms with Crippen molar-refractivity contribution in [3.05, 3.63) is 29.8 Å². The molecule has 1 aliphatic heterocycles. The van der Waals surface area contributed by atoms with Gasteiger partial charge in [-0.15, -0.1) is 0 Å². The van der Waals surface area contributed by atoms with Gasteiger partial charge in [-0.1, -0.05) is 25.1 Å². The fraction of sp³-hybridized carbons (Fsp3) is 0.455. The summed E-state index contributed by atoms with van der Waals surface area (Å²) in [6, 6.07) is 8.05. The molecule has 0 aliphatic carbocycles. The van der Waals surface area contributed by atoms with Crippen LogP contribution >= 0.6 is 0 Å². The third-order valence-corrected chi connectivity index (χ3v) is 3.29. The molecule has 14 heavy (non-hydrogen) atoms. The van der Waals surface area contributed by atoms with Crippen molar-refractivity contribution in [1.29, 1.82) is 0 Å². The minimum atomic E-state index is -0.564. The number of anilines is 1. The third kappa shape index (κ3) is 0.996. The quantitative estimate of drug-likeness (QED) is 0.628. The topological polar surface area (TPSA) is 64.1 Å². The van der Waals surface area contributed by atoms with Crippen LogP contribution in [0, 0.1) is 0 Å². The largest absolute Gasteiger partial charge is 0.366 e. The molecule has 0 saturated heterocycles. The van der Waals surface area contributed by atoms with E-state index in [4.69, 9.17) is 11.5 Å². The van der Waals surface area contributed by atoms with Gasteiger partial charge in [0, 0.05) is 5.69 Å². The summed E-state index contributed by atoms with van der Waals surface area (Å²) >= 11 is 0. The van der Waals surface area contributed by atoms with E-state index < -0.39 is 11.2 Å². The Kier molecular flexibility index (Phi) is 1.84. The molecule has 2 atom stereocenters. The van der Waals surface area contributed by atoms with Gasteiger partial charge in [-0.2, -0.15) is 0 Å². The molecule has 76 valence electrons. The predicted molar refractivity (Wildman–Crippen MR) is 58.8 cm³/mol. The second-order valence-corrected chi connectivity index (χ2v) is 4.20. The van der Waals surface area contributed by atoms with Gasteiger partial charge in [0.15, 0.2) is 0 Å². The number of rotatable bonds is 1. The van der Waals surface area contributed by atoms with Crippen LogP contribution in [-0.2, 0) is 5.54 Å². The first kappa shape index (κ1) is 9.49. The van der Waals surface area contributed by atoms with Crippen LogP contribution in [0.2, 0.25) is 0 Å². The molecule has 1 aromatic carbocycles. The van der Waals surface area contributed by atoms with E-state index in [1.54, 1.807) is 0 Å². The van der Waals surface area contributed by atoms with E-state index in [-0.39, 0.29) is 0 Å². The summed E-state index contributed by atoms with van der Waals surface area (Å²) < 4.78 is 0. The van der Waals surface area contributed by atoms with Crippen molar-refractivity contribution in [2.75, 3.05) is 5.32 Å². The van der Waals surface area contributed by atoms with Crippen molar-refractivity contribution in [2.24, 2.45) is 11.5 Å². The van der Waals surface area contributed by atoms with E-state index >= 15 is 0 Å². The molecule has 2 unspecified atom stereocenters. The van der Waals surface area contributed by atoms with Crippen LogP contribution in [0.1, 0.15) is 25.8 Å². The van der Waals surface area contributed by atoms with Gasteiger partial charge in [0.2, 0.25) is 0 Å². The van der Waals surface area contributed by atoms with E-state index in [9.17, 15) is 0 Å². The molecule has 0 spiro atoms. The standard InChI is InChI=1S/C11H17N3/c1-3-11(13)8-6-4-5-7-9(8)14-10(11,2)12/h4-7,14H,3,12-13H2,1-2H3. The number of para-hydroxylation sites is 1. The normalized spacial score (nSPS) is 35.1. The zero-order valence-electron chi connectivity index (χ0n) is 8.67. The second-order valence-electron chi connectivity index (χ2n) is 4.20. The number of nitrogens with two attached hydrogens (primary N) is 2. The van der Waals surface area contributed by atoms with E-state index in [0.717, 1.165) is 17.7 Å². The van der Waals surface area contributed by atoms with Crippen molar-refractivity contribution in [3.8, 4) is 0 Å². The SMILES string of the molecule is CCC1(N)c2ccccc2NC1(C)N. The van der Waals surface area contributed by atoms with Gasteiger partial charge in [-0.3, -0.25) is 0 Å². The molecule has 0 amide bonds. The molecular weight excluding hydrogens is 174 g/mol. The minimum absolute atomic E-state index is 0.469. The van der Waals surface area contributed by atoms with Gasteiger partial charge in [0.1, 0.15) is 5.66 Å². The molecular formula is C11H17N3. The van der Waals surface area contributed by atoms with Crippen LogP contribution in [-0.4, -0.2) is 5.66 Å². The number of hydrogen-bond donors (Lipinski definition) is 3. The van der Waals surface area contributed by atoms with Crippen molar-refractivity contribution in [1.82, 2.24) is 0 Å². The molecule has 0 radical (unpaired) electrons. The zero-order valence-corrected chi connectivity index (χ0v) is 8.67. The Balaban J connectivity index is 2.59. The first-order valence-electron chi connectivity index (χ1n) is 4.97. The van der Waals surface area contributed by atoms with Gasteiger partial charge >= 0.3 is 0 Å². The Morgan fingerprint density at radius 1 is 1.29 bits per heavy atom. The van der Waals surface area contributed by atoms with Gasteiger partial charge in [0.25, 0.3) is 0 Å². The summed E-state index contributed by atoms with van der Waals surface area (Å²) in [7, 11) is 0. The van der Waals surface area contributed by atoms with E-state index in [2.05, 4.69) is 12.2 Å². The summed E-state index contributed by atoms with van der Waals surface area (Å²) in [5.74, 6) is 0. The average Bonchev–Trinajstić information content (AvgIpc) is 2.36. The van der Waals surface area contributed by atoms with Crippen LogP contribution in [0.15, 0.2) is 24.3 Å². The van der Waals surface area contributed by atoms with E-state index in [0.29, 0.717) is 0 Å². The van der Waals surface area contributed by atoms with Crippen molar-refractivity contribution >= 4 is 5.69 Å². The molecule has 1 heterocycles. The van der Waals surface area contributed by atoms with E-state index in [1.165, 1.54) is 0 Å². The highest BCUT2D eigenvalue weighted by Gasteiger charge is 2.48. The molecule has 0 fully saturated rings. The summed E-state index contributed by atoms with van der Waals surface area (Å²) in [5.41, 5.74) is 13.7. The zero-order chi connectivity index (χ0) is 10.4. The molecule has 0 aromatic heterocycles. The maximum Gasteiger partial charge on any atom is 0.106 e. The second kappa shape index (κ2) is 2.72. The molecule has 1 aromatic rings. The van der Waals surface area contributed by atoms with Crippen molar-refractivity contribution in [2.45, 2.75) is 31.5 Å². The van der Waals surface area contributed by atoms with Crippen LogP contribution < -0.4 is 16.8 Å².